The Balaban J connectivity index is 2.15. The summed E-state index contributed by atoms with van der Waals surface area (Å²) >= 11 is 0. The Kier molecular flexibility index (Phi) is 2.90. The number of nitriles is 1. The van der Waals surface area contributed by atoms with Gasteiger partial charge in [-0.25, -0.2) is 12.7 Å². The number of hydrogen-bond donors (Lipinski definition) is 1. The van der Waals surface area contributed by atoms with E-state index < -0.39 is 39.9 Å². The summed E-state index contributed by atoms with van der Waals surface area (Å²) in [5.74, 6) is -1.48. The quantitative estimate of drug-likeness (QED) is 0.773. The van der Waals surface area contributed by atoms with E-state index in [1.54, 1.807) is 6.07 Å². The van der Waals surface area contributed by atoms with E-state index in [2.05, 4.69) is 14.8 Å². The van der Waals surface area contributed by atoms with Gasteiger partial charge < -0.3 is 14.8 Å². The number of nitrogens with one attached hydrogen (secondary N) is 1. The Morgan fingerprint density at radius 1 is 1.22 bits per heavy atom. The zero-order valence-electron chi connectivity index (χ0n) is 11.2. The van der Waals surface area contributed by atoms with Gasteiger partial charge in [0.2, 0.25) is 16.2 Å². The van der Waals surface area contributed by atoms with Gasteiger partial charge in [0.05, 0.1) is 17.6 Å². The molecule has 0 aliphatic carbocycles. The van der Waals surface area contributed by atoms with Crippen LogP contribution in [0.15, 0.2) is 12.1 Å². The molecule has 1 aromatic rings. The van der Waals surface area contributed by atoms with Crippen molar-refractivity contribution in [2.75, 3.05) is 15.9 Å². The second-order valence-electron chi connectivity index (χ2n) is 4.79. The zero-order chi connectivity index (χ0) is 17.2. The smallest absolute Gasteiger partial charge is 0.421 e. The SMILES string of the molecule is CS(=O)(=O)N1c2cc3c(cc2NC1C#N)OC(F)(F)C(F)(F)O3. The van der Waals surface area contributed by atoms with Gasteiger partial charge in [0.1, 0.15) is 6.07 Å². The Morgan fingerprint density at radius 2 is 1.74 bits per heavy atom. The highest BCUT2D eigenvalue weighted by Crippen LogP contribution is 2.51. The molecular weight excluding hydrogens is 346 g/mol. The van der Waals surface area contributed by atoms with Crippen LogP contribution >= 0.6 is 0 Å². The fraction of sp³-hybridized carbons (Fsp3) is 0.364. The van der Waals surface area contributed by atoms with Gasteiger partial charge in [0.25, 0.3) is 0 Å². The summed E-state index contributed by atoms with van der Waals surface area (Å²) in [6.07, 6.45) is -10.4. The highest BCUT2D eigenvalue weighted by atomic mass is 32.2. The van der Waals surface area contributed by atoms with E-state index in [4.69, 9.17) is 5.26 Å². The maximum Gasteiger partial charge on any atom is 0.507 e. The number of rotatable bonds is 1. The largest absolute Gasteiger partial charge is 0.507 e. The fourth-order valence-electron chi connectivity index (χ4n) is 2.20. The summed E-state index contributed by atoms with van der Waals surface area (Å²) in [6, 6.07) is 3.30. The van der Waals surface area contributed by atoms with Crippen molar-refractivity contribution in [2.45, 2.75) is 18.4 Å². The lowest BCUT2D eigenvalue weighted by molar-refractivity contribution is -0.391. The van der Waals surface area contributed by atoms with Crippen LogP contribution in [0.3, 0.4) is 0 Å². The maximum atomic E-state index is 13.2. The lowest BCUT2D eigenvalue weighted by atomic mass is 10.2. The highest BCUT2D eigenvalue weighted by Gasteiger charge is 2.66. The monoisotopic (exact) mass is 353 g/mol. The topological polar surface area (TPSA) is 91.7 Å². The molecule has 0 aromatic heterocycles. The number of alkyl halides is 4. The fourth-order valence-corrected chi connectivity index (χ4v) is 3.19. The molecule has 0 saturated heterocycles. The third kappa shape index (κ3) is 2.19. The standard InChI is InChI=1S/C11H7F4N3O4S/c1-23(19,20)18-6-3-8-7(2-5(6)17-9(18)4-16)21-10(12,13)11(14,15)22-8/h2-3,9,17H,1H3. The molecule has 12 heteroatoms. The van der Waals surface area contributed by atoms with Crippen molar-refractivity contribution in [3.05, 3.63) is 12.1 Å². The van der Waals surface area contributed by atoms with E-state index in [-0.39, 0.29) is 11.4 Å². The van der Waals surface area contributed by atoms with Crippen molar-refractivity contribution in [3.63, 3.8) is 0 Å². The Morgan fingerprint density at radius 3 is 2.22 bits per heavy atom. The maximum absolute atomic E-state index is 13.2. The van der Waals surface area contributed by atoms with Gasteiger partial charge in [-0.2, -0.15) is 22.8 Å². The van der Waals surface area contributed by atoms with E-state index in [1.807, 2.05) is 0 Å². The summed E-state index contributed by atoms with van der Waals surface area (Å²) in [5.41, 5.74) is -0.243. The van der Waals surface area contributed by atoms with E-state index >= 15 is 0 Å². The molecule has 0 radical (unpaired) electrons. The first-order valence-electron chi connectivity index (χ1n) is 5.93. The average Bonchev–Trinajstić information content (AvgIpc) is 2.74. The molecule has 0 saturated carbocycles. The summed E-state index contributed by atoms with van der Waals surface area (Å²) in [6.45, 7) is 0. The molecule has 1 N–H and O–H groups in total. The third-order valence-electron chi connectivity index (χ3n) is 3.12. The van der Waals surface area contributed by atoms with Crippen LogP contribution in [0, 0.1) is 11.3 Å². The Hall–Kier alpha value is -2.42. The molecule has 124 valence electrons. The normalized spacial score (nSPS) is 23.7. The van der Waals surface area contributed by atoms with E-state index in [1.165, 1.54) is 0 Å². The van der Waals surface area contributed by atoms with Gasteiger partial charge in [0, 0.05) is 12.1 Å². The molecule has 0 amide bonds. The van der Waals surface area contributed by atoms with Gasteiger partial charge in [-0.05, 0) is 0 Å². The molecule has 23 heavy (non-hydrogen) atoms. The number of ether oxygens (including phenoxy) is 2. The molecular formula is C11H7F4N3O4S. The predicted molar refractivity (Wildman–Crippen MR) is 67.9 cm³/mol. The van der Waals surface area contributed by atoms with Crippen LogP contribution in [-0.2, 0) is 10.0 Å². The molecule has 2 heterocycles. The molecule has 2 aliphatic rings. The van der Waals surface area contributed by atoms with Crippen LogP contribution in [0.1, 0.15) is 0 Å². The molecule has 1 unspecified atom stereocenters. The lowest BCUT2D eigenvalue weighted by Gasteiger charge is -2.32. The summed E-state index contributed by atoms with van der Waals surface area (Å²) in [5, 5.41) is 11.4. The van der Waals surface area contributed by atoms with Crippen molar-refractivity contribution in [3.8, 4) is 17.6 Å². The molecule has 0 bridgehead atoms. The van der Waals surface area contributed by atoms with E-state index in [0.29, 0.717) is 4.31 Å². The van der Waals surface area contributed by atoms with Crippen LogP contribution < -0.4 is 19.1 Å². The van der Waals surface area contributed by atoms with Crippen molar-refractivity contribution in [1.29, 1.82) is 5.26 Å². The lowest BCUT2D eigenvalue weighted by Crippen LogP contribution is -2.52. The Labute approximate surface area is 127 Å². The number of hydrogen-bond acceptors (Lipinski definition) is 6. The minimum absolute atomic E-state index is 0.0506. The predicted octanol–water partition coefficient (Wildman–Crippen LogP) is 1.68. The number of halogens is 4. The average molecular weight is 353 g/mol. The molecule has 1 atom stereocenters. The van der Waals surface area contributed by atoms with Gasteiger partial charge in [-0.15, -0.1) is 0 Å². The first-order chi connectivity index (χ1) is 10.5. The molecule has 0 fully saturated rings. The minimum atomic E-state index is -4.93. The van der Waals surface area contributed by atoms with Crippen LogP contribution in [0.25, 0.3) is 0 Å². The highest BCUT2D eigenvalue weighted by molar-refractivity contribution is 7.92. The van der Waals surface area contributed by atoms with Crippen molar-refractivity contribution in [1.82, 2.24) is 0 Å². The van der Waals surface area contributed by atoms with Gasteiger partial charge in [0.15, 0.2) is 11.5 Å². The second-order valence-corrected chi connectivity index (χ2v) is 6.65. The number of benzene rings is 1. The number of anilines is 2. The van der Waals surface area contributed by atoms with E-state index in [0.717, 1.165) is 18.4 Å². The van der Waals surface area contributed by atoms with Gasteiger partial charge in [-0.1, -0.05) is 0 Å². The van der Waals surface area contributed by atoms with Crippen LogP contribution in [0.5, 0.6) is 11.5 Å². The number of nitrogens with zero attached hydrogens (tertiary/aromatic N) is 2. The van der Waals surface area contributed by atoms with Crippen LogP contribution in [0.2, 0.25) is 0 Å². The van der Waals surface area contributed by atoms with Crippen molar-refractivity contribution in [2.24, 2.45) is 0 Å². The van der Waals surface area contributed by atoms with Gasteiger partial charge >= 0.3 is 12.2 Å². The van der Waals surface area contributed by atoms with Crippen molar-refractivity contribution < 1.29 is 35.5 Å². The first-order valence-corrected chi connectivity index (χ1v) is 7.78. The summed E-state index contributed by atoms with van der Waals surface area (Å²) in [7, 11) is -3.94. The zero-order valence-corrected chi connectivity index (χ0v) is 12.0. The molecule has 1 aromatic carbocycles. The van der Waals surface area contributed by atoms with Crippen LogP contribution in [-0.4, -0.2) is 33.1 Å². The molecule has 7 nitrogen and oxygen atoms in total. The van der Waals surface area contributed by atoms with Gasteiger partial charge in [-0.3, -0.25) is 0 Å². The Bertz CT molecular complexity index is 836. The van der Waals surface area contributed by atoms with Crippen LogP contribution in [0.4, 0.5) is 28.9 Å². The summed E-state index contributed by atoms with van der Waals surface area (Å²) < 4.78 is 84.7. The number of sulfonamides is 1. The third-order valence-corrected chi connectivity index (χ3v) is 4.24. The number of fused-ring (bicyclic) bond motifs is 2. The summed E-state index contributed by atoms with van der Waals surface area (Å²) in [4.78, 5) is 0. The minimum Gasteiger partial charge on any atom is -0.421 e. The molecule has 0 spiro atoms. The second kappa shape index (κ2) is 4.31. The van der Waals surface area contributed by atoms with E-state index in [9.17, 15) is 26.0 Å². The first kappa shape index (κ1) is 15.5. The van der Waals surface area contributed by atoms with Crippen molar-refractivity contribution >= 4 is 21.4 Å². The molecule has 3 rings (SSSR count). The molecule has 2 aliphatic heterocycles.